The lowest BCUT2D eigenvalue weighted by Crippen LogP contribution is -2.58. The molecule has 102 valence electrons. The first-order valence-electron chi connectivity index (χ1n) is 7.25. The van der Waals surface area contributed by atoms with Gasteiger partial charge in [-0.2, -0.15) is 0 Å². The van der Waals surface area contributed by atoms with Crippen LogP contribution >= 0.6 is 0 Å². The van der Waals surface area contributed by atoms with Gasteiger partial charge in [0.1, 0.15) is 0 Å². The fourth-order valence-electron chi connectivity index (χ4n) is 2.80. The van der Waals surface area contributed by atoms with E-state index in [2.05, 4.69) is 43.2 Å². The molecular weight excluding hydrogens is 210 g/mol. The molecule has 1 saturated heterocycles. The fraction of sp³-hybridized carbons (Fsp3) is 1.00. The van der Waals surface area contributed by atoms with E-state index in [0.717, 1.165) is 0 Å². The van der Waals surface area contributed by atoms with Gasteiger partial charge in [-0.25, -0.2) is 0 Å². The molecule has 1 N–H and O–H groups in total. The molecule has 0 saturated carbocycles. The van der Waals surface area contributed by atoms with Crippen molar-refractivity contribution in [1.82, 2.24) is 15.1 Å². The van der Waals surface area contributed by atoms with Crippen LogP contribution in [0.1, 0.15) is 39.0 Å². The van der Waals surface area contributed by atoms with Crippen molar-refractivity contribution in [3.05, 3.63) is 0 Å². The Morgan fingerprint density at radius 2 is 1.94 bits per heavy atom. The Kier molecular flexibility index (Phi) is 7.09. The van der Waals surface area contributed by atoms with E-state index in [-0.39, 0.29) is 0 Å². The van der Waals surface area contributed by atoms with E-state index in [1.165, 1.54) is 51.7 Å². The SMILES string of the molecule is CCCCCCC(NC)C1CN(C)CCN1C. The Morgan fingerprint density at radius 3 is 2.59 bits per heavy atom. The molecule has 1 heterocycles. The van der Waals surface area contributed by atoms with Gasteiger partial charge in [0.05, 0.1) is 0 Å². The van der Waals surface area contributed by atoms with Gasteiger partial charge >= 0.3 is 0 Å². The Balaban J connectivity index is 2.36. The highest BCUT2D eigenvalue weighted by Gasteiger charge is 2.28. The van der Waals surface area contributed by atoms with Crippen molar-refractivity contribution in [2.75, 3.05) is 40.8 Å². The molecule has 0 spiro atoms. The molecule has 3 nitrogen and oxygen atoms in total. The Hall–Kier alpha value is -0.120. The van der Waals surface area contributed by atoms with Gasteiger partial charge in [0.25, 0.3) is 0 Å². The smallest absolute Gasteiger partial charge is 0.0373 e. The molecule has 1 aliphatic rings. The van der Waals surface area contributed by atoms with Crippen molar-refractivity contribution < 1.29 is 0 Å². The normalized spacial score (nSPS) is 25.1. The molecular formula is C14H31N3. The predicted octanol–water partition coefficient (Wildman–Crippen LogP) is 1.79. The van der Waals surface area contributed by atoms with Crippen LogP contribution in [0, 0.1) is 0 Å². The zero-order valence-corrected chi connectivity index (χ0v) is 12.2. The summed E-state index contributed by atoms with van der Waals surface area (Å²) in [6.07, 6.45) is 6.79. The summed E-state index contributed by atoms with van der Waals surface area (Å²) in [6.45, 7) is 5.89. The molecule has 2 unspecified atom stereocenters. The van der Waals surface area contributed by atoms with Gasteiger partial charge in [-0.1, -0.05) is 32.6 Å². The van der Waals surface area contributed by atoms with E-state index < -0.39 is 0 Å². The first-order valence-corrected chi connectivity index (χ1v) is 7.25. The van der Waals surface area contributed by atoms with Crippen molar-refractivity contribution in [2.45, 2.75) is 51.1 Å². The lowest BCUT2D eigenvalue weighted by Gasteiger charge is -2.42. The number of nitrogens with zero attached hydrogens (tertiary/aromatic N) is 2. The monoisotopic (exact) mass is 241 g/mol. The summed E-state index contributed by atoms with van der Waals surface area (Å²) >= 11 is 0. The van der Waals surface area contributed by atoms with Gasteiger partial charge < -0.3 is 10.2 Å². The lowest BCUT2D eigenvalue weighted by atomic mass is 9.98. The van der Waals surface area contributed by atoms with Crippen molar-refractivity contribution in [3.8, 4) is 0 Å². The highest BCUT2D eigenvalue weighted by atomic mass is 15.3. The summed E-state index contributed by atoms with van der Waals surface area (Å²) in [5.41, 5.74) is 0. The molecule has 17 heavy (non-hydrogen) atoms. The predicted molar refractivity (Wildman–Crippen MR) is 75.5 cm³/mol. The van der Waals surface area contributed by atoms with E-state index in [4.69, 9.17) is 0 Å². The van der Waals surface area contributed by atoms with Crippen LogP contribution in [0.15, 0.2) is 0 Å². The largest absolute Gasteiger partial charge is 0.315 e. The molecule has 0 bridgehead atoms. The van der Waals surface area contributed by atoms with Crippen LogP contribution in [0.3, 0.4) is 0 Å². The fourth-order valence-corrected chi connectivity index (χ4v) is 2.80. The van der Waals surface area contributed by atoms with E-state index in [9.17, 15) is 0 Å². The van der Waals surface area contributed by atoms with E-state index in [1.807, 2.05) is 0 Å². The minimum absolute atomic E-state index is 0.652. The highest BCUT2D eigenvalue weighted by Crippen LogP contribution is 2.15. The van der Waals surface area contributed by atoms with Crippen molar-refractivity contribution >= 4 is 0 Å². The maximum Gasteiger partial charge on any atom is 0.0373 e. The van der Waals surface area contributed by atoms with Crippen molar-refractivity contribution in [3.63, 3.8) is 0 Å². The number of likely N-dealkylation sites (N-methyl/N-ethyl adjacent to an activating group) is 3. The second-order valence-corrected chi connectivity index (χ2v) is 5.55. The number of piperazine rings is 1. The summed E-state index contributed by atoms with van der Waals surface area (Å²) in [4.78, 5) is 4.99. The third-order valence-electron chi connectivity index (χ3n) is 4.10. The van der Waals surface area contributed by atoms with E-state index >= 15 is 0 Å². The maximum absolute atomic E-state index is 3.53. The summed E-state index contributed by atoms with van der Waals surface area (Å²) in [5, 5.41) is 3.53. The Morgan fingerprint density at radius 1 is 1.18 bits per heavy atom. The Labute approximate surface area is 108 Å². The van der Waals surface area contributed by atoms with Crippen LogP contribution in [-0.4, -0.2) is 62.7 Å². The molecule has 1 fully saturated rings. The van der Waals surface area contributed by atoms with E-state index in [1.54, 1.807) is 0 Å². The third-order valence-corrected chi connectivity index (χ3v) is 4.10. The van der Waals surface area contributed by atoms with Crippen molar-refractivity contribution in [2.24, 2.45) is 0 Å². The molecule has 0 radical (unpaired) electrons. The van der Waals surface area contributed by atoms with Crippen LogP contribution in [0.2, 0.25) is 0 Å². The summed E-state index contributed by atoms with van der Waals surface area (Å²) in [5.74, 6) is 0. The van der Waals surface area contributed by atoms with Crippen LogP contribution < -0.4 is 5.32 Å². The van der Waals surface area contributed by atoms with Gasteiger partial charge in [-0.05, 0) is 27.6 Å². The zero-order valence-electron chi connectivity index (χ0n) is 12.2. The molecule has 0 aliphatic carbocycles. The van der Waals surface area contributed by atoms with Gasteiger partial charge in [0.2, 0.25) is 0 Å². The topological polar surface area (TPSA) is 18.5 Å². The molecule has 1 aliphatic heterocycles. The third kappa shape index (κ3) is 4.94. The quantitative estimate of drug-likeness (QED) is 0.686. The number of nitrogens with one attached hydrogen (secondary N) is 1. The van der Waals surface area contributed by atoms with Crippen LogP contribution in [0.25, 0.3) is 0 Å². The highest BCUT2D eigenvalue weighted by molar-refractivity contribution is 4.88. The number of unbranched alkanes of at least 4 members (excludes halogenated alkanes) is 3. The van der Waals surface area contributed by atoms with Gasteiger partial charge in [-0.15, -0.1) is 0 Å². The lowest BCUT2D eigenvalue weighted by molar-refractivity contribution is 0.0866. The van der Waals surface area contributed by atoms with Crippen molar-refractivity contribution in [1.29, 1.82) is 0 Å². The summed E-state index contributed by atoms with van der Waals surface area (Å²) in [6, 6.07) is 1.33. The van der Waals surface area contributed by atoms with Crippen LogP contribution in [0.4, 0.5) is 0 Å². The second-order valence-electron chi connectivity index (χ2n) is 5.55. The molecule has 0 aromatic rings. The molecule has 3 heteroatoms. The first-order chi connectivity index (χ1) is 8.19. The molecule has 0 aromatic heterocycles. The van der Waals surface area contributed by atoms with E-state index in [0.29, 0.717) is 12.1 Å². The average molecular weight is 241 g/mol. The Bertz CT molecular complexity index is 196. The summed E-state index contributed by atoms with van der Waals surface area (Å²) < 4.78 is 0. The summed E-state index contributed by atoms with van der Waals surface area (Å²) in [7, 11) is 6.63. The molecule has 2 atom stereocenters. The standard InChI is InChI=1S/C14H31N3/c1-5-6-7-8-9-13(15-2)14-12-16(3)10-11-17(14)4/h13-15H,5-12H2,1-4H3. The van der Waals surface area contributed by atoms with Gasteiger partial charge in [0, 0.05) is 31.7 Å². The van der Waals surface area contributed by atoms with Gasteiger partial charge in [-0.3, -0.25) is 4.90 Å². The minimum atomic E-state index is 0.652. The molecule has 0 amide bonds. The number of hydrogen-bond acceptors (Lipinski definition) is 3. The molecule has 0 aromatic carbocycles. The van der Waals surface area contributed by atoms with Crippen LogP contribution in [0.5, 0.6) is 0 Å². The zero-order chi connectivity index (χ0) is 12.7. The first kappa shape index (κ1) is 14.9. The maximum atomic E-state index is 3.53. The van der Waals surface area contributed by atoms with Crippen LogP contribution in [-0.2, 0) is 0 Å². The number of rotatable bonds is 7. The number of hydrogen-bond donors (Lipinski definition) is 1. The van der Waals surface area contributed by atoms with Gasteiger partial charge in [0.15, 0.2) is 0 Å². The second kappa shape index (κ2) is 8.06. The average Bonchev–Trinajstić information content (AvgIpc) is 2.33. The molecule has 1 rings (SSSR count). The minimum Gasteiger partial charge on any atom is -0.315 e.